The van der Waals surface area contributed by atoms with Crippen LogP contribution in [-0.4, -0.2) is 43.6 Å². The third kappa shape index (κ3) is 4.89. The van der Waals surface area contributed by atoms with Gasteiger partial charge in [-0.3, -0.25) is 4.79 Å². The van der Waals surface area contributed by atoms with Crippen molar-refractivity contribution in [3.8, 4) is 0 Å². The van der Waals surface area contributed by atoms with Crippen LogP contribution in [0.2, 0.25) is 5.02 Å². The second-order valence-corrected chi connectivity index (χ2v) is 11.4. The van der Waals surface area contributed by atoms with Crippen LogP contribution < -0.4 is 5.32 Å². The first-order valence-corrected chi connectivity index (χ1v) is 12.7. The SMILES string of the molecule is CO/N=C/C1(O)CC2CC[C@@H](C1)C2S(=O)(=O)c1cc(C(=O)Nc2cc(F)c(F)c(F)c2)ccc1Cl. The molecule has 4 rings (SSSR count). The molecule has 2 saturated carbocycles. The molecule has 4 atom stereocenters. The molecule has 2 aliphatic rings. The van der Waals surface area contributed by atoms with Crippen LogP contribution in [0.15, 0.2) is 40.4 Å². The fourth-order valence-electron chi connectivity index (χ4n) is 5.17. The van der Waals surface area contributed by atoms with E-state index >= 15 is 0 Å². The number of rotatable bonds is 6. The Morgan fingerprint density at radius 1 is 1.17 bits per heavy atom. The Balaban J connectivity index is 1.61. The maximum Gasteiger partial charge on any atom is 0.255 e. The van der Waals surface area contributed by atoms with Crippen LogP contribution in [0.5, 0.6) is 0 Å². The third-order valence-electron chi connectivity index (χ3n) is 6.57. The lowest BCUT2D eigenvalue weighted by atomic mass is 9.78. The zero-order chi connectivity index (χ0) is 25.5. The largest absolute Gasteiger partial charge is 0.399 e. The third-order valence-corrected chi connectivity index (χ3v) is 9.45. The molecule has 0 spiro atoms. The van der Waals surface area contributed by atoms with Crippen LogP contribution >= 0.6 is 11.6 Å². The minimum absolute atomic E-state index is 0.0819. The normalized spacial score (nSPS) is 26.2. The molecule has 0 saturated heterocycles. The standard InChI is InChI=1S/C23H22ClF3N2O5S/c1-34-28-11-23(31)9-13-2-3-14(10-23)21(13)35(32,33)19-6-12(4-5-16(19)24)22(30)29-15-7-17(25)20(27)18(26)8-15/h4-8,11,13-14,21,31H,2-3,9-10H2,1H3,(H,29,30)/b28-11+/t13-,14?,21?,23?/m0/s1. The van der Waals surface area contributed by atoms with Crippen molar-refractivity contribution in [1.29, 1.82) is 0 Å². The lowest BCUT2D eigenvalue weighted by Crippen LogP contribution is -2.47. The number of sulfone groups is 1. The number of nitrogens with zero attached hydrogens (tertiary/aromatic N) is 1. The van der Waals surface area contributed by atoms with Gasteiger partial charge in [0.25, 0.3) is 5.91 Å². The summed E-state index contributed by atoms with van der Waals surface area (Å²) in [6.45, 7) is 0. The Labute approximate surface area is 204 Å². The van der Waals surface area contributed by atoms with E-state index in [1.807, 2.05) is 0 Å². The zero-order valence-corrected chi connectivity index (χ0v) is 20.0. The maximum absolute atomic E-state index is 13.7. The van der Waals surface area contributed by atoms with E-state index in [2.05, 4.69) is 15.3 Å². The molecule has 188 valence electrons. The van der Waals surface area contributed by atoms with E-state index in [1.54, 1.807) is 0 Å². The number of amides is 1. The molecule has 35 heavy (non-hydrogen) atoms. The van der Waals surface area contributed by atoms with Crippen LogP contribution in [0.3, 0.4) is 0 Å². The summed E-state index contributed by atoms with van der Waals surface area (Å²) in [5, 5.41) is 15.8. The van der Waals surface area contributed by atoms with Gasteiger partial charge in [-0.1, -0.05) is 16.8 Å². The van der Waals surface area contributed by atoms with E-state index in [1.165, 1.54) is 25.5 Å². The van der Waals surface area contributed by atoms with Crippen LogP contribution in [0.4, 0.5) is 18.9 Å². The van der Waals surface area contributed by atoms with E-state index in [-0.39, 0.29) is 45.8 Å². The van der Waals surface area contributed by atoms with Gasteiger partial charge in [-0.25, -0.2) is 21.6 Å². The monoisotopic (exact) mass is 530 g/mol. The van der Waals surface area contributed by atoms with Gasteiger partial charge in [0.2, 0.25) is 0 Å². The van der Waals surface area contributed by atoms with Crippen molar-refractivity contribution >= 4 is 39.2 Å². The fourth-order valence-corrected chi connectivity index (χ4v) is 8.02. The molecular weight excluding hydrogens is 509 g/mol. The van der Waals surface area contributed by atoms with Gasteiger partial charge in [0, 0.05) is 23.4 Å². The predicted octanol–water partition coefficient (Wildman–Crippen LogP) is 4.34. The van der Waals surface area contributed by atoms with Crippen LogP contribution in [0, 0.1) is 29.3 Å². The van der Waals surface area contributed by atoms with Crippen molar-refractivity contribution < 1.29 is 36.3 Å². The van der Waals surface area contributed by atoms with Crippen LogP contribution in [0.25, 0.3) is 0 Å². The summed E-state index contributed by atoms with van der Waals surface area (Å²) in [6, 6.07) is 4.84. The highest BCUT2D eigenvalue weighted by Gasteiger charge is 2.54. The smallest absolute Gasteiger partial charge is 0.255 e. The second kappa shape index (κ2) is 9.44. The summed E-state index contributed by atoms with van der Waals surface area (Å²) in [7, 11) is -2.67. The summed E-state index contributed by atoms with van der Waals surface area (Å²) in [6.07, 6.45) is 2.84. The first-order chi connectivity index (χ1) is 16.4. The lowest BCUT2D eigenvalue weighted by Gasteiger charge is -2.38. The first kappa shape index (κ1) is 25.5. The van der Waals surface area contributed by atoms with Gasteiger partial charge in [-0.2, -0.15) is 0 Å². The zero-order valence-electron chi connectivity index (χ0n) is 18.5. The Morgan fingerprint density at radius 3 is 2.34 bits per heavy atom. The number of halogens is 4. The number of carbonyl (C=O) groups excluding carboxylic acids is 1. The number of oxime groups is 1. The second-order valence-electron chi connectivity index (χ2n) is 8.89. The fraction of sp³-hybridized carbons (Fsp3) is 0.391. The average molecular weight is 531 g/mol. The molecule has 1 amide bonds. The summed E-state index contributed by atoms with van der Waals surface area (Å²) in [5.74, 6) is -6.21. The summed E-state index contributed by atoms with van der Waals surface area (Å²) < 4.78 is 67.5. The Morgan fingerprint density at radius 2 is 1.77 bits per heavy atom. The quantitative estimate of drug-likeness (QED) is 0.328. The minimum atomic E-state index is -4.02. The molecule has 2 bridgehead atoms. The van der Waals surface area contributed by atoms with Gasteiger partial charge in [0.1, 0.15) is 12.7 Å². The molecule has 0 radical (unpaired) electrons. The van der Waals surface area contributed by atoms with E-state index in [0.29, 0.717) is 25.0 Å². The van der Waals surface area contributed by atoms with Gasteiger partial charge in [0.15, 0.2) is 27.3 Å². The highest BCUT2D eigenvalue weighted by molar-refractivity contribution is 7.92. The molecule has 12 heteroatoms. The highest BCUT2D eigenvalue weighted by atomic mass is 35.5. The Hall–Kier alpha value is -2.63. The van der Waals surface area contributed by atoms with Gasteiger partial charge in [0.05, 0.1) is 21.4 Å². The van der Waals surface area contributed by atoms with Crippen molar-refractivity contribution in [3.05, 3.63) is 58.4 Å². The molecule has 0 heterocycles. The molecule has 2 aromatic rings. The summed E-state index contributed by atoms with van der Waals surface area (Å²) in [5.41, 5.74) is -1.74. The van der Waals surface area contributed by atoms with Crippen molar-refractivity contribution in [3.63, 3.8) is 0 Å². The molecule has 2 fully saturated rings. The maximum atomic E-state index is 13.7. The molecule has 2 aromatic carbocycles. The number of nitrogens with one attached hydrogen (secondary N) is 1. The van der Waals surface area contributed by atoms with Crippen molar-refractivity contribution in [2.24, 2.45) is 17.0 Å². The molecule has 3 unspecified atom stereocenters. The molecule has 0 aromatic heterocycles. The van der Waals surface area contributed by atoms with Gasteiger partial charge < -0.3 is 15.3 Å². The van der Waals surface area contributed by atoms with Crippen molar-refractivity contribution in [1.82, 2.24) is 0 Å². The molecule has 0 aliphatic heterocycles. The predicted molar refractivity (Wildman–Crippen MR) is 123 cm³/mol. The molecule has 2 aliphatic carbocycles. The van der Waals surface area contributed by atoms with Crippen molar-refractivity contribution in [2.75, 3.05) is 12.4 Å². The summed E-state index contributed by atoms with van der Waals surface area (Å²) in [4.78, 5) is 17.1. The number of hydrogen-bond donors (Lipinski definition) is 2. The van der Waals surface area contributed by atoms with E-state index < -0.39 is 44.0 Å². The highest BCUT2D eigenvalue weighted by Crippen LogP contribution is 2.51. The lowest BCUT2D eigenvalue weighted by molar-refractivity contribution is 0.0441. The van der Waals surface area contributed by atoms with Crippen molar-refractivity contribution in [2.45, 2.75) is 41.4 Å². The van der Waals surface area contributed by atoms with Crippen LogP contribution in [-0.2, 0) is 14.7 Å². The van der Waals surface area contributed by atoms with E-state index in [0.717, 1.165) is 6.07 Å². The van der Waals surface area contributed by atoms with Gasteiger partial charge >= 0.3 is 0 Å². The number of aliphatic hydroxyl groups is 1. The molecule has 7 nitrogen and oxygen atoms in total. The Bertz CT molecular complexity index is 1270. The van der Waals surface area contributed by atoms with E-state index in [9.17, 15) is 31.5 Å². The topological polar surface area (TPSA) is 105 Å². The van der Waals surface area contributed by atoms with Crippen LogP contribution in [0.1, 0.15) is 36.0 Å². The summed E-state index contributed by atoms with van der Waals surface area (Å²) >= 11 is 6.23. The first-order valence-electron chi connectivity index (χ1n) is 10.7. The average Bonchev–Trinajstić information content (AvgIpc) is 3.09. The number of benzene rings is 2. The number of anilines is 1. The van der Waals surface area contributed by atoms with Gasteiger partial charge in [-0.15, -0.1) is 0 Å². The number of carbonyl (C=O) groups is 1. The molecular formula is C23H22ClF3N2O5S. The number of hydrogen-bond acceptors (Lipinski definition) is 6. The van der Waals surface area contributed by atoms with E-state index in [4.69, 9.17) is 11.6 Å². The molecule has 2 N–H and O–H groups in total. The number of fused-ring (bicyclic) bond motifs is 2. The Kier molecular flexibility index (Phi) is 6.87. The minimum Gasteiger partial charge on any atom is -0.399 e. The van der Waals surface area contributed by atoms with Gasteiger partial charge in [-0.05, 0) is 55.7 Å².